The third kappa shape index (κ3) is 1.94. The zero-order chi connectivity index (χ0) is 8.10. The maximum atomic E-state index is 5.20. The zero-order valence-corrected chi connectivity index (χ0v) is 6.25. The molecular formula is C9H10O2. The Morgan fingerprint density at radius 2 is 2.18 bits per heavy atom. The molecule has 1 rings (SSSR count). The molecule has 0 aromatic rings. The van der Waals surface area contributed by atoms with E-state index < -0.39 is 0 Å². The van der Waals surface area contributed by atoms with Crippen LogP contribution in [0.5, 0.6) is 0 Å². The second kappa shape index (κ2) is 3.97. The van der Waals surface area contributed by atoms with Gasteiger partial charge in [-0.1, -0.05) is 18.6 Å². The van der Waals surface area contributed by atoms with Crippen LogP contribution in [-0.4, -0.2) is 19.5 Å². The standard InChI is InChI=1S/C9H10O2/c1-3-5-8(4-2)9-10-6-7-11-9/h1,4-5,9H,2,6-7H2/b8-5+. The first kappa shape index (κ1) is 8.06. The van der Waals surface area contributed by atoms with Gasteiger partial charge in [0.25, 0.3) is 0 Å². The highest BCUT2D eigenvalue weighted by molar-refractivity contribution is 5.27. The van der Waals surface area contributed by atoms with Gasteiger partial charge in [-0.3, -0.25) is 0 Å². The Bertz CT molecular complexity index is 204. The largest absolute Gasteiger partial charge is 0.346 e. The van der Waals surface area contributed by atoms with Gasteiger partial charge in [0.2, 0.25) is 0 Å². The van der Waals surface area contributed by atoms with Crippen molar-refractivity contribution in [3.63, 3.8) is 0 Å². The Kier molecular flexibility index (Phi) is 2.91. The van der Waals surface area contributed by atoms with Crippen LogP contribution in [0.4, 0.5) is 0 Å². The van der Waals surface area contributed by atoms with E-state index in [9.17, 15) is 0 Å². The quantitative estimate of drug-likeness (QED) is 0.433. The van der Waals surface area contributed by atoms with E-state index in [-0.39, 0.29) is 6.29 Å². The van der Waals surface area contributed by atoms with Gasteiger partial charge in [0.05, 0.1) is 13.2 Å². The molecule has 0 N–H and O–H groups in total. The van der Waals surface area contributed by atoms with Crippen LogP contribution in [0.3, 0.4) is 0 Å². The first-order valence-corrected chi connectivity index (χ1v) is 3.40. The molecule has 1 aliphatic heterocycles. The molecule has 2 nitrogen and oxygen atoms in total. The first-order chi connectivity index (χ1) is 5.38. The number of hydrogen-bond donors (Lipinski definition) is 0. The predicted molar refractivity (Wildman–Crippen MR) is 42.8 cm³/mol. The second-order valence-corrected chi connectivity index (χ2v) is 2.09. The van der Waals surface area contributed by atoms with Crippen LogP contribution in [0, 0.1) is 12.3 Å². The fourth-order valence-corrected chi connectivity index (χ4v) is 0.870. The van der Waals surface area contributed by atoms with Crippen molar-refractivity contribution in [3.8, 4) is 12.3 Å². The summed E-state index contributed by atoms with van der Waals surface area (Å²) >= 11 is 0. The summed E-state index contributed by atoms with van der Waals surface area (Å²) in [5.41, 5.74) is 0.810. The van der Waals surface area contributed by atoms with Gasteiger partial charge < -0.3 is 9.47 Å². The third-order valence-electron chi connectivity index (χ3n) is 1.38. The lowest BCUT2D eigenvalue weighted by atomic mass is 10.2. The monoisotopic (exact) mass is 150 g/mol. The number of rotatable bonds is 2. The van der Waals surface area contributed by atoms with E-state index in [1.165, 1.54) is 0 Å². The van der Waals surface area contributed by atoms with Gasteiger partial charge in [-0.2, -0.15) is 0 Å². The van der Waals surface area contributed by atoms with Crippen LogP contribution in [0.2, 0.25) is 0 Å². The Labute approximate surface area is 66.5 Å². The number of hydrogen-bond acceptors (Lipinski definition) is 2. The van der Waals surface area contributed by atoms with Crippen molar-refractivity contribution in [1.29, 1.82) is 0 Å². The van der Waals surface area contributed by atoms with Crippen molar-refractivity contribution in [2.45, 2.75) is 6.29 Å². The molecule has 1 fully saturated rings. The normalized spacial score (nSPS) is 19.7. The number of allylic oxidation sites excluding steroid dienone is 1. The molecular weight excluding hydrogens is 140 g/mol. The Hall–Kier alpha value is -1.04. The number of ether oxygens (including phenoxy) is 2. The molecule has 1 saturated heterocycles. The molecule has 0 aliphatic carbocycles. The van der Waals surface area contributed by atoms with E-state index in [1.54, 1.807) is 12.2 Å². The van der Waals surface area contributed by atoms with Crippen LogP contribution in [0.25, 0.3) is 0 Å². The summed E-state index contributed by atoms with van der Waals surface area (Å²) in [6, 6.07) is 0. The fourth-order valence-electron chi connectivity index (χ4n) is 0.870. The van der Waals surface area contributed by atoms with E-state index in [0.29, 0.717) is 13.2 Å². The molecule has 0 radical (unpaired) electrons. The summed E-state index contributed by atoms with van der Waals surface area (Å²) in [6.45, 7) is 4.85. The van der Waals surface area contributed by atoms with Crippen molar-refractivity contribution in [2.24, 2.45) is 0 Å². The van der Waals surface area contributed by atoms with Crippen molar-refractivity contribution in [2.75, 3.05) is 13.2 Å². The summed E-state index contributed by atoms with van der Waals surface area (Å²) < 4.78 is 10.4. The molecule has 0 atom stereocenters. The fraction of sp³-hybridized carbons (Fsp3) is 0.333. The Balaban J connectivity index is 2.62. The predicted octanol–water partition coefficient (Wildman–Crippen LogP) is 1.10. The van der Waals surface area contributed by atoms with Gasteiger partial charge in [0.15, 0.2) is 6.29 Å². The van der Waals surface area contributed by atoms with Crippen LogP contribution in [0.15, 0.2) is 24.3 Å². The van der Waals surface area contributed by atoms with E-state index >= 15 is 0 Å². The molecule has 0 aromatic carbocycles. The summed E-state index contributed by atoms with van der Waals surface area (Å²) in [5.74, 6) is 2.40. The molecule has 2 heteroatoms. The Morgan fingerprint density at radius 3 is 2.64 bits per heavy atom. The van der Waals surface area contributed by atoms with Crippen molar-refractivity contribution in [1.82, 2.24) is 0 Å². The zero-order valence-electron chi connectivity index (χ0n) is 6.25. The first-order valence-electron chi connectivity index (χ1n) is 3.40. The van der Waals surface area contributed by atoms with Gasteiger partial charge in [0.1, 0.15) is 0 Å². The smallest absolute Gasteiger partial charge is 0.184 e. The van der Waals surface area contributed by atoms with Gasteiger partial charge in [-0.15, -0.1) is 6.42 Å². The van der Waals surface area contributed by atoms with E-state index in [2.05, 4.69) is 12.5 Å². The van der Waals surface area contributed by atoms with Gasteiger partial charge in [0, 0.05) is 5.57 Å². The van der Waals surface area contributed by atoms with Gasteiger partial charge >= 0.3 is 0 Å². The van der Waals surface area contributed by atoms with Crippen LogP contribution >= 0.6 is 0 Å². The summed E-state index contributed by atoms with van der Waals surface area (Å²) in [6.07, 6.45) is 8.03. The summed E-state index contributed by atoms with van der Waals surface area (Å²) in [4.78, 5) is 0. The molecule has 0 amide bonds. The molecule has 1 aliphatic rings. The highest BCUT2D eigenvalue weighted by Gasteiger charge is 2.17. The topological polar surface area (TPSA) is 18.5 Å². The second-order valence-electron chi connectivity index (χ2n) is 2.09. The van der Waals surface area contributed by atoms with Crippen LogP contribution in [-0.2, 0) is 9.47 Å². The van der Waals surface area contributed by atoms with Crippen LogP contribution in [0.1, 0.15) is 0 Å². The molecule has 0 saturated carbocycles. The highest BCUT2D eigenvalue weighted by Crippen LogP contribution is 2.13. The average Bonchev–Trinajstić information content (AvgIpc) is 2.52. The van der Waals surface area contributed by atoms with Crippen molar-refractivity contribution >= 4 is 0 Å². The minimum absolute atomic E-state index is 0.302. The third-order valence-corrected chi connectivity index (χ3v) is 1.38. The Morgan fingerprint density at radius 1 is 1.55 bits per heavy atom. The number of terminal acetylenes is 1. The van der Waals surface area contributed by atoms with Crippen molar-refractivity contribution < 1.29 is 9.47 Å². The molecule has 0 bridgehead atoms. The molecule has 1 heterocycles. The SMILES string of the molecule is C#C/C=C(\C=C)C1OCCO1. The summed E-state index contributed by atoms with van der Waals surface area (Å²) in [5, 5.41) is 0. The van der Waals surface area contributed by atoms with E-state index in [1.807, 2.05) is 0 Å². The van der Waals surface area contributed by atoms with Gasteiger partial charge in [-0.25, -0.2) is 0 Å². The van der Waals surface area contributed by atoms with Gasteiger partial charge in [-0.05, 0) is 6.08 Å². The molecule has 0 unspecified atom stereocenters. The van der Waals surface area contributed by atoms with E-state index in [4.69, 9.17) is 15.9 Å². The average molecular weight is 150 g/mol. The highest BCUT2D eigenvalue weighted by atomic mass is 16.7. The lowest BCUT2D eigenvalue weighted by Crippen LogP contribution is -2.09. The molecule has 58 valence electrons. The molecule has 0 aromatic heterocycles. The molecule has 11 heavy (non-hydrogen) atoms. The summed E-state index contributed by atoms with van der Waals surface area (Å²) in [7, 11) is 0. The molecule has 0 spiro atoms. The minimum atomic E-state index is -0.302. The maximum Gasteiger partial charge on any atom is 0.184 e. The maximum absolute atomic E-state index is 5.20. The lowest BCUT2D eigenvalue weighted by molar-refractivity contribution is -0.00823. The van der Waals surface area contributed by atoms with E-state index in [0.717, 1.165) is 5.57 Å². The van der Waals surface area contributed by atoms with Crippen LogP contribution < -0.4 is 0 Å². The van der Waals surface area contributed by atoms with Crippen molar-refractivity contribution in [3.05, 3.63) is 24.3 Å². The minimum Gasteiger partial charge on any atom is -0.346 e. The lowest BCUT2D eigenvalue weighted by Gasteiger charge is -2.07.